The van der Waals surface area contributed by atoms with Gasteiger partial charge in [-0.1, -0.05) is 28.9 Å². The molecule has 0 saturated heterocycles. The van der Waals surface area contributed by atoms with Gasteiger partial charge in [0.05, 0.1) is 11.9 Å². The Balaban J connectivity index is 1.58. The summed E-state index contributed by atoms with van der Waals surface area (Å²) in [7, 11) is 0. The van der Waals surface area contributed by atoms with Crippen LogP contribution in [-0.2, 0) is 5.75 Å². The zero-order valence-electron chi connectivity index (χ0n) is 16.2. The molecule has 0 saturated carbocycles. The molecule has 11 nitrogen and oxygen atoms in total. The zero-order valence-corrected chi connectivity index (χ0v) is 17.8. The van der Waals surface area contributed by atoms with Crippen molar-refractivity contribution in [3.8, 4) is 11.6 Å². The Morgan fingerprint density at radius 1 is 1.25 bits per heavy atom. The van der Waals surface area contributed by atoms with E-state index in [1.165, 1.54) is 28.7 Å². The third-order valence-electron chi connectivity index (χ3n) is 4.17. The lowest BCUT2D eigenvalue weighted by Crippen LogP contribution is -2.20. The predicted molar refractivity (Wildman–Crippen MR) is 118 cm³/mol. The lowest BCUT2D eigenvalue weighted by molar-refractivity contribution is 0.0949. The molecule has 0 fully saturated rings. The van der Waals surface area contributed by atoms with E-state index >= 15 is 0 Å². The fraction of sp³-hybridized carbons (Fsp3) is 0.0526. The van der Waals surface area contributed by atoms with Crippen LogP contribution < -0.4 is 11.2 Å². The molecule has 0 bridgehead atoms. The number of phenolic OH excluding ortho intramolecular Hbond substituents is 1. The monoisotopic (exact) mass is 470 g/mol. The average Bonchev–Trinajstić information content (AvgIpc) is 3.40. The van der Waals surface area contributed by atoms with Crippen LogP contribution in [0.1, 0.15) is 21.7 Å². The van der Waals surface area contributed by atoms with Crippen LogP contribution in [0.15, 0.2) is 63.2 Å². The van der Waals surface area contributed by atoms with Gasteiger partial charge in [-0.15, -0.1) is 16.9 Å². The Hall–Kier alpha value is -3.90. The minimum absolute atomic E-state index is 0.00262. The molecule has 0 unspecified atom stereocenters. The van der Waals surface area contributed by atoms with Gasteiger partial charge >= 0.3 is 0 Å². The first-order chi connectivity index (χ1) is 15.5. The maximum absolute atomic E-state index is 12.7. The maximum atomic E-state index is 12.7. The molecular weight excluding hydrogens is 456 g/mol. The van der Waals surface area contributed by atoms with E-state index in [0.29, 0.717) is 22.0 Å². The second-order valence-corrected chi connectivity index (χ2v) is 7.76. The molecule has 2 heterocycles. The molecule has 162 valence electrons. The maximum Gasteiger partial charge on any atom is 0.293 e. The third-order valence-corrected chi connectivity index (χ3v) is 5.45. The van der Waals surface area contributed by atoms with Gasteiger partial charge in [-0.2, -0.15) is 9.78 Å². The van der Waals surface area contributed by atoms with Gasteiger partial charge in [-0.05, 0) is 46.7 Å². The minimum atomic E-state index is -0.607. The summed E-state index contributed by atoms with van der Waals surface area (Å²) in [6, 6.07) is 13.8. The lowest BCUT2D eigenvalue weighted by atomic mass is 10.2. The molecule has 2 aromatic carbocycles. The van der Waals surface area contributed by atoms with Gasteiger partial charge in [0.25, 0.3) is 5.91 Å². The number of carbonyl (C=O) groups is 1. The number of para-hydroxylation sites is 1. The summed E-state index contributed by atoms with van der Waals surface area (Å²) in [5.74, 6) is -0.166. The number of nitrogens with one attached hydrogen (secondary N) is 1. The van der Waals surface area contributed by atoms with Crippen molar-refractivity contribution in [2.24, 2.45) is 5.10 Å². The van der Waals surface area contributed by atoms with Crippen LogP contribution >= 0.6 is 23.4 Å². The number of aromatic hydroxyl groups is 1. The predicted octanol–water partition coefficient (Wildman–Crippen LogP) is 2.65. The number of amides is 1. The Morgan fingerprint density at radius 3 is 2.75 bits per heavy atom. The summed E-state index contributed by atoms with van der Waals surface area (Å²) >= 11 is 7.36. The Bertz CT molecular complexity index is 1270. The molecule has 4 aromatic rings. The van der Waals surface area contributed by atoms with Crippen LogP contribution in [0.3, 0.4) is 0 Å². The highest BCUT2D eigenvalue weighted by Gasteiger charge is 2.24. The van der Waals surface area contributed by atoms with Gasteiger partial charge in [-0.3, -0.25) is 4.79 Å². The first-order valence-electron chi connectivity index (χ1n) is 9.05. The zero-order chi connectivity index (χ0) is 22.5. The van der Waals surface area contributed by atoms with Crippen molar-refractivity contribution in [3.05, 3.63) is 70.5 Å². The molecule has 0 radical (unpaired) electrons. The highest BCUT2D eigenvalue weighted by molar-refractivity contribution is 7.98. The number of phenols is 1. The fourth-order valence-corrected chi connectivity index (χ4v) is 3.62. The van der Waals surface area contributed by atoms with Gasteiger partial charge < -0.3 is 10.8 Å². The molecule has 0 aliphatic rings. The van der Waals surface area contributed by atoms with E-state index in [4.69, 9.17) is 17.3 Å². The number of nitrogens with two attached hydrogens (primary N) is 1. The summed E-state index contributed by atoms with van der Waals surface area (Å²) in [6.45, 7) is 0. The molecule has 1 amide bonds. The number of thioether (sulfide) groups is 1. The number of carbonyl (C=O) groups excluding carboxylic acids is 1. The van der Waals surface area contributed by atoms with Crippen LogP contribution in [0.4, 0.5) is 5.82 Å². The number of aromatic nitrogens is 5. The molecular formula is C19H15ClN8O3S. The first-order valence-corrected chi connectivity index (χ1v) is 10.4. The normalized spacial score (nSPS) is 11.2. The average molecular weight is 471 g/mol. The van der Waals surface area contributed by atoms with Crippen molar-refractivity contribution in [1.82, 2.24) is 30.7 Å². The molecule has 2 aromatic heterocycles. The molecule has 4 rings (SSSR count). The van der Waals surface area contributed by atoms with Gasteiger partial charge in [0, 0.05) is 21.2 Å². The van der Waals surface area contributed by atoms with E-state index in [-0.39, 0.29) is 23.1 Å². The number of anilines is 1. The van der Waals surface area contributed by atoms with Crippen LogP contribution in [0.25, 0.3) is 5.82 Å². The summed E-state index contributed by atoms with van der Waals surface area (Å²) in [6.07, 6.45) is 1.32. The van der Waals surface area contributed by atoms with E-state index in [0.717, 1.165) is 4.90 Å². The van der Waals surface area contributed by atoms with Crippen molar-refractivity contribution >= 4 is 41.3 Å². The summed E-state index contributed by atoms with van der Waals surface area (Å²) < 4.78 is 5.93. The summed E-state index contributed by atoms with van der Waals surface area (Å²) in [5, 5.41) is 29.5. The van der Waals surface area contributed by atoms with Crippen molar-refractivity contribution in [2.75, 3.05) is 5.73 Å². The molecule has 0 aliphatic heterocycles. The first kappa shape index (κ1) is 21.3. The van der Waals surface area contributed by atoms with Gasteiger partial charge in [0.15, 0.2) is 5.69 Å². The highest BCUT2D eigenvalue weighted by Crippen LogP contribution is 2.27. The van der Waals surface area contributed by atoms with E-state index in [9.17, 15) is 9.90 Å². The Kier molecular flexibility index (Phi) is 6.33. The molecule has 4 N–H and O–H groups in total. The van der Waals surface area contributed by atoms with Crippen molar-refractivity contribution < 1.29 is 14.5 Å². The van der Waals surface area contributed by atoms with Crippen LogP contribution in [0.5, 0.6) is 5.75 Å². The number of halogens is 1. The number of nitrogens with zero attached hydrogens (tertiary/aromatic N) is 6. The van der Waals surface area contributed by atoms with Crippen LogP contribution in [-0.4, -0.2) is 42.5 Å². The fourth-order valence-electron chi connectivity index (χ4n) is 2.61. The van der Waals surface area contributed by atoms with Crippen molar-refractivity contribution in [1.29, 1.82) is 0 Å². The summed E-state index contributed by atoms with van der Waals surface area (Å²) in [5.41, 5.74) is 9.03. The Labute approximate surface area is 190 Å². The third kappa shape index (κ3) is 4.71. The van der Waals surface area contributed by atoms with E-state index in [1.54, 1.807) is 30.3 Å². The lowest BCUT2D eigenvalue weighted by Gasteiger charge is -2.06. The van der Waals surface area contributed by atoms with Crippen molar-refractivity contribution in [2.45, 2.75) is 10.6 Å². The van der Waals surface area contributed by atoms with E-state index in [2.05, 4.69) is 35.8 Å². The van der Waals surface area contributed by atoms with Crippen LogP contribution in [0.2, 0.25) is 5.02 Å². The highest BCUT2D eigenvalue weighted by atomic mass is 35.5. The van der Waals surface area contributed by atoms with E-state index < -0.39 is 5.91 Å². The molecule has 32 heavy (non-hydrogen) atoms. The number of nitrogen functional groups attached to an aromatic ring is 1. The number of hydrogen-bond acceptors (Lipinski definition) is 10. The molecule has 13 heteroatoms. The topological polar surface area (TPSA) is 157 Å². The Morgan fingerprint density at radius 2 is 2.03 bits per heavy atom. The molecule has 0 atom stereocenters. The van der Waals surface area contributed by atoms with Crippen LogP contribution in [0, 0.1) is 0 Å². The standard InChI is InChI=1S/C19H15ClN8O3S/c20-12-5-7-13(8-6-12)32-10-14-16(23-27-28(14)18-17(21)25-31-26-18)19(30)24-22-9-11-3-1-2-4-15(11)29/h1-9,29H,10H2,(H2,21,25)(H,24,30). The molecule has 0 spiro atoms. The largest absolute Gasteiger partial charge is 0.507 e. The second-order valence-electron chi connectivity index (χ2n) is 6.27. The number of hydrazone groups is 1. The van der Waals surface area contributed by atoms with Crippen molar-refractivity contribution in [3.63, 3.8) is 0 Å². The number of rotatable bonds is 7. The number of hydrogen-bond donors (Lipinski definition) is 3. The van der Waals surface area contributed by atoms with Gasteiger partial charge in [0.1, 0.15) is 5.75 Å². The number of benzene rings is 2. The molecule has 0 aliphatic carbocycles. The minimum Gasteiger partial charge on any atom is -0.507 e. The van der Waals surface area contributed by atoms with E-state index in [1.807, 2.05) is 12.1 Å². The van der Waals surface area contributed by atoms with Gasteiger partial charge in [-0.25, -0.2) is 10.1 Å². The SMILES string of the molecule is Nc1nonc1-n1nnc(C(=O)NN=Cc2ccccc2O)c1CSc1ccc(Cl)cc1. The second kappa shape index (κ2) is 9.49. The smallest absolute Gasteiger partial charge is 0.293 e. The quantitative estimate of drug-likeness (QED) is 0.210. The summed E-state index contributed by atoms with van der Waals surface area (Å²) in [4.78, 5) is 13.7. The van der Waals surface area contributed by atoms with Gasteiger partial charge in [0.2, 0.25) is 11.6 Å².